The molecule has 0 N–H and O–H groups in total. The van der Waals surface area contributed by atoms with Crippen LogP contribution in [-0.4, -0.2) is 20.1 Å². The molecule has 2 nitrogen and oxygen atoms in total. The number of rotatable bonds is 12. The molecule has 4 rings (SSSR count). The second kappa shape index (κ2) is 12.6. The predicted molar refractivity (Wildman–Crippen MR) is 172 cm³/mol. The smallest absolute Gasteiger partial charge is 0.337 e. The maximum Gasteiger partial charge on any atom is 0.337 e. The third-order valence-corrected chi connectivity index (χ3v) is 11.3. The summed E-state index contributed by atoms with van der Waals surface area (Å²) in [6.45, 7) is 16.4. The van der Waals surface area contributed by atoms with E-state index in [0.29, 0.717) is 5.92 Å². The maximum absolute atomic E-state index is 14.1. The molecule has 2 saturated carbocycles. The van der Waals surface area contributed by atoms with Crippen molar-refractivity contribution >= 4 is 14.0 Å². The molecule has 0 unspecified atom stereocenters. The second-order valence-electron chi connectivity index (χ2n) is 14.2. The number of benzene rings is 2. The fourth-order valence-electron chi connectivity index (χ4n) is 7.68. The summed E-state index contributed by atoms with van der Waals surface area (Å²) in [6, 6.07) is 21.8. The summed E-state index contributed by atoms with van der Waals surface area (Å²) >= 11 is 0. The molecule has 0 amide bonds. The van der Waals surface area contributed by atoms with Crippen LogP contribution in [0.15, 0.2) is 84.1 Å². The zero-order chi connectivity index (χ0) is 29.0. The lowest BCUT2D eigenvalue weighted by Gasteiger charge is -2.41. The van der Waals surface area contributed by atoms with Gasteiger partial charge in [0.05, 0.1) is 13.6 Å². The molecule has 3 heteroatoms. The van der Waals surface area contributed by atoms with Crippen molar-refractivity contribution in [3.63, 3.8) is 0 Å². The minimum absolute atomic E-state index is 0.0616. The summed E-state index contributed by atoms with van der Waals surface area (Å²) in [5.74, 6) is 0.768. The Balaban J connectivity index is 1.70. The van der Waals surface area contributed by atoms with Gasteiger partial charge in [0.25, 0.3) is 0 Å². The minimum Gasteiger partial charge on any atom is -0.458 e. The van der Waals surface area contributed by atoms with Gasteiger partial charge in [-0.15, -0.1) is 0 Å². The fraction of sp³-hybridized carbons (Fsp3) is 0.541. The van der Waals surface area contributed by atoms with Crippen LogP contribution in [0.5, 0.6) is 0 Å². The topological polar surface area (TPSA) is 26.3 Å². The molecule has 2 aliphatic carbocycles. The molecule has 2 fully saturated rings. The van der Waals surface area contributed by atoms with Gasteiger partial charge in [-0.1, -0.05) is 145 Å². The van der Waals surface area contributed by atoms with E-state index in [1.165, 1.54) is 43.2 Å². The molecule has 0 aliphatic heterocycles. The summed E-state index contributed by atoms with van der Waals surface area (Å²) in [5.41, 5.74) is 5.65. The van der Waals surface area contributed by atoms with Crippen LogP contribution in [0.4, 0.5) is 0 Å². The van der Waals surface area contributed by atoms with Crippen molar-refractivity contribution < 1.29 is 9.53 Å². The van der Waals surface area contributed by atoms with E-state index in [1.807, 2.05) is 0 Å². The molecule has 2 aromatic rings. The van der Waals surface area contributed by atoms with E-state index < -0.39 is 8.07 Å². The van der Waals surface area contributed by atoms with Gasteiger partial charge in [-0.3, -0.25) is 0 Å². The van der Waals surface area contributed by atoms with E-state index in [1.54, 1.807) is 0 Å². The summed E-state index contributed by atoms with van der Waals surface area (Å²) in [5, 5.41) is 0. The van der Waals surface area contributed by atoms with E-state index >= 15 is 0 Å². The van der Waals surface area contributed by atoms with Crippen LogP contribution in [0.25, 0.3) is 0 Å². The van der Waals surface area contributed by atoms with Gasteiger partial charge < -0.3 is 4.74 Å². The van der Waals surface area contributed by atoms with E-state index in [2.05, 4.69) is 126 Å². The first kappa shape index (κ1) is 30.6. The van der Waals surface area contributed by atoms with Gasteiger partial charge in [0, 0.05) is 17.3 Å². The molecule has 0 spiro atoms. The van der Waals surface area contributed by atoms with Crippen molar-refractivity contribution in [2.24, 2.45) is 22.7 Å². The van der Waals surface area contributed by atoms with Crippen molar-refractivity contribution in [1.29, 1.82) is 0 Å². The normalized spacial score (nSPS) is 26.1. The molecule has 40 heavy (non-hydrogen) atoms. The van der Waals surface area contributed by atoms with Crippen LogP contribution >= 0.6 is 0 Å². The Morgan fingerprint density at radius 1 is 0.950 bits per heavy atom. The number of hydrogen-bond acceptors (Lipinski definition) is 2. The highest BCUT2D eigenvalue weighted by Crippen LogP contribution is 2.71. The molecular weight excluding hydrogens is 504 g/mol. The van der Waals surface area contributed by atoms with Crippen LogP contribution in [0, 0.1) is 22.7 Å². The van der Waals surface area contributed by atoms with Gasteiger partial charge in [0.15, 0.2) is 0 Å². The summed E-state index contributed by atoms with van der Waals surface area (Å²) in [7, 11) is -1.64. The molecule has 0 radical (unpaired) electrons. The first-order valence-electron chi connectivity index (χ1n) is 15.7. The largest absolute Gasteiger partial charge is 0.458 e. The van der Waals surface area contributed by atoms with Crippen LogP contribution in [0.3, 0.4) is 0 Å². The quantitative estimate of drug-likeness (QED) is 0.0854. The first-order valence-corrected chi connectivity index (χ1v) is 19.3. The van der Waals surface area contributed by atoms with Gasteiger partial charge in [-0.05, 0) is 48.1 Å². The minimum atomic E-state index is -1.64. The Kier molecular flexibility index (Phi) is 9.65. The van der Waals surface area contributed by atoms with Crippen LogP contribution in [0.2, 0.25) is 19.6 Å². The average Bonchev–Trinajstić information content (AvgIpc) is 3.24. The highest BCUT2D eigenvalue weighted by molar-refractivity contribution is 6.81. The highest BCUT2D eigenvalue weighted by atomic mass is 28.3. The van der Waals surface area contributed by atoms with E-state index in [-0.39, 0.29) is 34.7 Å². The number of carbonyl (C=O) groups excluding carboxylic acids is 1. The Labute approximate surface area is 245 Å². The summed E-state index contributed by atoms with van der Waals surface area (Å²) in [6.07, 6.45) is 12.4. The fourth-order valence-corrected chi connectivity index (χ4v) is 8.82. The maximum atomic E-state index is 14.1. The number of allylic oxidation sites excluding steroid dienone is 1. The molecule has 0 saturated heterocycles. The van der Waals surface area contributed by atoms with Crippen molar-refractivity contribution in [3.8, 4) is 0 Å². The summed E-state index contributed by atoms with van der Waals surface area (Å²) < 4.78 is 6.79. The standard InChI is InChI=1S/C37H52O2Si/c1-8-9-10-11-12-15-24-30(27-40(5,6)7)35(38)39-34-33(31-25-26-37(34,4)36(31,2)3)32(28-20-16-13-17-21-28)29-22-18-14-19-23-29/h13-24,27,31-34H,8-12,25-26H2,1-7H3/b24-15+,30-27+/t31-,33-,34-,37+/m1/s1. The van der Waals surface area contributed by atoms with Crippen molar-refractivity contribution in [3.05, 3.63) is 95.2 Å². The predicted octanol–water partition coefficient (Wildman–Crippen LogP) is 10.1. The van der Waals surface area contributed by atoms with Gasteiger partial charge in [0.1, 0.15) is 6.10 Å². The first-order chi connectivity index (χ1) is 19.0. The lowest BCUT2D eigenvalue weighted by atomic mass is 9.68. The number of fused-ring (bicyclic) bond motifs is 2. The number of ether oxygens (including phenoxy) is 1. The number of carbonyl (C=O) groups is 1. The van der Waals surface area contributed by atoms with Gasteiger partial charge in [-0.25, -0.2) is 4.79 Å². The number of unbranched alkanes of at least 4 members (excludes halogenated alkanes) is 4. The molecule has 216 valence electrons. The molecule has 0 heterocycles. The van der Waals surface area contributed by atoms with Crippen molar-refractivity contribution in [2.45, 2.75) is 104 Å². The second-order valence-corrected chi connectivity index (χ2v) is 19.2. The van der Waals surface area contributed by atoms with Crippen LogP contribution in [-0.2, 0) is 9.53 Å². The Morgan fingerprint density at radius 2 is 1.55 bits per heavy atom. The molecule has 2 aliphatic rings. The van der Waals surface area contributed by atoms with Gasteiger partial charge in [0.2, 0.25) is 0 Å². The lowest BCUT2D eigenvalue weighted by molar-refractivity contribution is -0.155. The molecule has 4 atom stereocenters. The van der Waals surface area contributed by atoms with Crippen molar-refractivity contribution in [2.75, 3.05) is 0 Å². The third kappa shape index (κ3) is 6.40. The number of esters is 1. The van der Waals surface area contributed by atoms with Gasteiger partial charge in [-0.2, -0.15) is 0 Å². The Bertz CT molecular complexity index is 1130. The Morgan fingerprint density at radius 3 is 2.10 bits per heavy atom. The van der Waals surface area contributed by atoms with E-state index in [0.717, 1.165) is 18.4 Å². The van der Waals surface area contributed by atoms with Gasteiger partial charge >= 0.3 is 5.97 Å². The average molecular weight is 557 g/mol. The van der Waals surface area contributed by atoms with E-state index in [9.17, 15) is 4.79 Å². The summed E-state index contributed by atoms with van der Waals surface area (Å²) in [4.78, 5) is 14.1. The zero-order valence-corrected chi connectivity index (χ0v) is 27.1. The van der Waals surface area contributed by atoms with Crippen molar-refractivity contribution in [1.82, 2.24) is 0 Å². The molecular formula is C37H52O2Si. The molecule has 0 aromatic heterocycles. The van der Waals surface area contributed by atoms with Crippen LogP contribution in [0.1, 0.15) is 89.7 Å². The lowest BCUT2D eigenvalue weighted by Crippen LogP contribution is -2.43. The monoisotopic (exact) mass is 556 g/mol. The van der Waals surface area contributed by atoms with E-state index in [4.69, 9.17) is 4.74 Å². The molecule has 2 bridgehead atoms. The zero-order valence-electron chi connectivity index (χ0n) is 26.1. The highest BCUT2D eigenvalue weighted by Gasteiger charge is 2.69. The third-order valence-electron chi connectivity index (χ3n) is 10.1. The number of hydrogen-bond donors (Lipinski definition) is 0. The molecule has 2 aromatic carbocycles. The Hall–Kier alpha value is -2.39. The SMILES string of the molecule is CCCCCC/C=C/C(=C\[Si](C)(C)C)C(=O)O[C@@H]1[C@@H](C(c2ccccc2)c2ccccc2)[C@H]2CC[C@]1(C)C2(C)C. The van der Waals surface area contributed by atoms with Crippen LogP contribution < -0.4 is 0 Å².